The lowest BCUT2D eigenvalue weighted by Crippen LogP contribution is -2.28. The van der Waals surface area contributed by atoms with Crippen LogP contribution < -0.4 is 10.6 Å². The van der Waals surface area contributed by atoms with Crippen LogP contribution in [0.3, 0.4) is 0 Å². The number of aromatic nitrogens is 2. The van der Waals surface area contributed by atoms with Crippen LogP contribution in [0.2, 0.25) is 0 Å². The van der Waals surface area contributed by atoms with E-state index < -0.39 is 0 Å². The van der Waals surface area contributed by atoms with E-state index in [4.69, 9.17) is 0 Å². The van der Waals surface area contributed by atoms with Gasteiger partial charge in [-0.1, -0.05) is 6.07 Å². The Hall–Kier alpha value is -1.88. The first-order chi connectivity index (χ1) is 10.2. The summed E-state index contributed by atoms with van der Waals surface area (Å²) in [7, 11) is 0. The van der Waals surface area contributed by atoms with Crippen molar-refractivity contribution in [3.63, 3.8) is 0 Å². The van der Waals surface area contributed by atoms with Crippen molar-refractivity contribution in [1.29, 1.82) is 0 Å². The molecule has 2 heterocycles. The quantitative estimate of drug-likeness (QED) is 0.809. The second-order valence-electron chi connectivity index (χ2n) is 5.87. The molecule has 1 saturated heterocycles. The number of piperidine rings is 1. The minimum Gasteiger partial charge on any atom is -0.324 e. The standard InChI is InChI=1S/C16H22N4O/c1-11-2-4-14(16-13(11)10-18-20-16)19-15(21)5-3-12-6-8-17-9-7-12/h2,4,10,12,17H,3,5-9H2,1H3,(H,18,20)(H,19,21). The number of carbonyl (C=O) groups is 1. The van der Waals surface area contributed by atoms with Gasteiger partial charge in [0.15, 0.2) is 0 Å². The van der Waals surface area contributed by atoms with Gasteiger partial charge in [0.1, 0.15) is 0 Å². The lowest BCUT2D eigenvalue weighted by Gasteiger charge is -2.22. The zero-order valence-electron chi connectivity index (χ0n) is 12.4. The van der Waals surface area contributed by atoms with Crippen LogP contribution in [0.1, 0.15) is 31.2 Å². The van der Waals surface area contributed by atoms with Gasteiger partial charge in [0.25, 0.3) is 0 Å². The predicted molar refractivity (Wildman–Crippen MR) is 84.3 cm³/mol. The highest BCUT2D eigenvalue weighted by molar-refractivity contribution is 6.01. The molecule has 2 aromatic rings. The van der Waals surface area contributed by atoms with Crippen LogP contribution in [0, 0.1) is 12.8 Å². The van der Waals surface area contributed by atoms with E-state index >= 15 is 0 Å². The molecule has 0 aliphatic carbocycles. The van der Waals surface area contributed by atoms with Crippen LogP contribution in [-0.2, 0) is 4.79 Å². The van der Waals surface area contributed by atoms with Crippen LogP contribution in [0.25, 0.3) is 10.9 Å². The molecule has 0 atom stereocenters. The monoisotopic (exact) mass is 286 g/mol. The Bertz CT molecular complexity index is 628. The molecular formula is C16H22N4O. The van der Waals surface area contributed by atoms with Crippen LogP contribution in [0.15, 0.2) is 18.3 Å². The Balaban J connectivity index is 1.61. The molecular weight excluding hydrogens is 264 g/mol. The molecule has 0 unspecified atom stereocenters. The third-order valence-electron chi connectivity index (χ3n) is 4.35. The van der Waals surface area contributed by atoms with Crippen LogP contribution >= 0.6 is 0 Å². The number of benzene rings is 1. The molecule has 1 aromatic carbocycles. The zero-order valence-corrected chi connectivity index (χ0v) is 12.4. The first kappa shape index (κ1) is 14.1. The number of nitrogens with zero attached hydrogens (tertiary/aromatic N) is 1. The van der Waals surface area contributed by atoms with E-state index in [2.05, 4.69) is 20.8 Å². The second-order valence-corrected chi connectivity index (χ2v) is 5.87. The third-order valence-corrected chi connectivity index (χ3v) is 4.35. The van der Waals surface area contributed by atoms with Gasteiger partial charge in [0, 0.05) is 11.8 Å². The highest BCUT2D eigenvalue weighted by atomic mass is 16.1. The number of amides is 1. The molecule has 3 N–H and O–H groups in total. The second kappa shape index (κ2) is 6.26. The molecule has 5 nitrogen and oxygen atoms in total. The molecule has 5 heteroatoms. The maximum Gasteiger partial charge on any atom is 0.224 e. The average molecular weight is 286 g/mol. The lowest BCUT2D eigenvalue weighted by atomic mass is 9.93. The molecule has 3 rings (SSSR count). The minimum atomic E-state index is 0.0910. The molecule has 21 heavy (non-hydrogen) atoms. The van der Waals surface area contributed by atoms with Crippen molar-refractivity contribution in [2.24, 2.45) is 5.92 Å². The number of anilines is 1. The van der Waals surface area contributed by atoms with Crippen molar-refractivity contribution in [2.45, 2.75) is 32.6 Å². The Labute approximate surface area is 124 Å². The number of hydrogen-bond acceptors (Lipinski definition) is 3. The van der Waals surface area contributed by atoms with E-state index in [0.29, 0.717) is 12.3 Å². The number of H-pyrrole nitrogens is 1. The summed E-state index contributed by atoms with van der Waals surface area (Å²) in [5.74, 6) is 0.774. The largest absolute Gasteiger partial charge is 0.324 e. The highest BCUT2D eigenvalue weighted by Crippen LogP contribution is 2.25. The molecule has 0 spiro atoms. The molecule has 0 saturated carbocycles. The van der Waals surface area contributed by atoms with E-state index in [9.17, 15) is 4.79 Å². The average Bonchev–Trinajstić information content (AvgIpc) is 3.00. The van der Waals surface area contributed by atoms with Crippen LogP contribution in [-0.4, -0.2) is 29.2 Å². The summed E-state index contributed by atoms with van der Waals surface area (Å²) in [4.78, 5) is 12.1. The van der Waals surface area contributed by atoms with Gasteiger partial charge in [-0.25, -0.2) is 0 Å². The molecule has 0 bridgehead atoms. The zero-order chi connectivity index (χ0) is 14.7. The topological polar surface area (TPSA) is 69.8 Å². The summed E-state index contributed by atoms with van der Waals surface area (Å²) in [6.45, 7) is 4.21. The summed E-state index contributed by atoms with van der Waals surface area (Å²) >= 11 is 0. The summed E-state index contributed by atoms with van der Waals surface area (Å²) in [6.07, 6.45) is 5.74. The smallest absolute Gasteiger partial charge is 0.224 e. The van der Waals surface area contributed by atoms with Gasteiger partial charge < -0.3 is 10.6 Å². The Morgan fingerprint density at radius 1 is 1.38 bits per heavy atom. The van der Waals surface area contributed by atoms with Crippen molar-refractivity contribution < 1.29 is 4.79 Å². The fraction of sp³-hybridized carbons (Fsp3) is 0.500. The van der Waals surface area contributed by atoms with Gasteiger partial charge in [-0.2, -0.15) is 5.10 Å². The Morgan fingerprint density at radius 2 is 2.19 bits per heavy atom. The molecule has 112 valence electrons. The number of rotatable bonds is 4. The Morgan fingerprint density at radius 3 is 3.00 bits per heavy atom. The molecule has 1 aliphatic rings. The van der Waals surface area contributed by atoms with Crippen LogP contribution in [0.5, 0.6) is 0 Å². The third kappa shape index (κ3) is 3.24. The van der Waals surface area contributed by atoms with Crippen molar-refractivity contribution >= 4 is 22.5 Å². The lowest BCUT2D eigenvalue weighted by molar-refractivity contribution is -0.116. The van der Waals surface area contributed by atoms with Gasteiger partial charge >= 0.3 is 0 Å². The van der Waals surface area contributed by atoms with E-state index in [-0.39, 0.29) is 5.91 Å². The van der Waals surface area contributed by atoms with E-state index in [1.807, 2.05) is 19.1 Å². The summed E-state index contributed by atoms with van der Waals surface area (Å²) in [5, 5.41) is 14.5. The number of carbonyl (C=O) groups excluding carboxylic acids is 1. The maximum absolute atomic E-state index is 12.1. The number of nitrogens with one attached hydrogen (secondary N) is 3. The first-order valence-corrected chi connectivity index (χ1v) is 7.67. The van der Waals surface area contributed by atoms with Gasteiger partial charge in [-0.3, -0.25) is 9.89 Å². The van der Waals surface area contributed by atoms with Crippen LogP contribution in [0.4, 0.5) is 5.69 Å². The van der Waals surface area contributed by atoms with Crippen molar-refractivity contribution in [2.75, 3.05) is 18.4 Å². The number of fused-ring (bicyclic) bond motifs is 1. The molecule has 1 fully saturated rings. The predicted octanol–water partition coefficient (Wildman–Crippen LogP) is 2.59. The van der Waals surface area contributed by atoms with Gasteiger partial charge in [-0.15, -0.1) is 0 Å². The van der Waals surface area contributed by atoms with Crippen molar-refractivity contribution in [1.82, 2.24) is 15.5 Å². The van der Waals surface area contributed by atoms with Crippen molar-refractivity contribution in [3.05, 3.63) is 23.9 Å². The normalized spacial score (nSPS) is 16.2. The fourth-order valence-electron chi connectivity index (χ4n) is 2.99. The molecule has 1 amide bonds. The molecule has 0 radical (unpaired) electrons. The molecule has 1 aromatic heterocycles. The number of hydrogen-bond donors (Lipinski definition) is 3. The van der Waals surface area contributed by atoms with Crippen molar-refractivity contribution in [3.8, 4) is 0 Å². The van der Waals surface area contributed by atoms with E-state index in [1.54, 1.807) is 6.20 Å². The highest BCUT2D eigenvalue weighted by Gasteiger charge is 2.15. The fourth-order valence-corrected chi connectivity index (χ4v) is 2.99. The first-order valence-electron chi connectivity index (χ1n) is 7.67. The number of aromatic amines is 1. The van der Waals surface area contributed by atoms with E-state index in [0.717, 1.165) is 41.7 Å². The van der Waals surface area contributed by atoms with Gasteiger partial charge in [-0.05, 0) is 56.8 Å². The maximum atomic E-state index is 12.1. The summed E-state index contributed by atoms with van der Waals surface area (Å²) < 4.78 is 0. The SMILES string of the molecule is Cc1ccc(NC(=O)CCC2CCNCC2)c2[nH]ncc12. The summed E-state index contributed by atoms with van der Waals surface area (Å²) in [5.41, 5.74) is 2.89. The van der Waals surface area contributed by atoms with E-state index in [1.165, 1.54) is 12.8 Å². The number of aryl methyl sites for hydroxylation is 1. The summed E-state index contributed by atoms with van der Waals surface area (Å²) in [6, 6.07) is 3.96. The Kier molecular flexibility index (Phi) is 4.20. The minimum absolute atomic E-state index is 0.0910. The van der Waals surface area contributed by atoms with Gasteiger partial charge in [0.2, 0.25) is 5.91 Å². The van der Waals surface area contributed by atoms with Gasteiger partial charge in [0.05, 0.1) is 17.4 Å². The molecule has 1 aliphatic heterocycles.